The Hall–Kier alpha value is -3.07. The second-order valence-electron chi connectivity index (χ2n) is 28.6. The van der Waals surface area contributed by atoms with Gasteiger partial charge in [-0.25, -0.2) is 0 Å². The molecule has 10 aliphatic rings. The Bertz CT molecular complexity index is 2680. The predicted molar refractivity (Wildman–Crippen MR) is 310 cm³/mol. The largest absolute Gasteiger partial charge is 0.462 e. The molecular weight excluding hydrogens is 1240 g/mol. The third-order valence-corrected chi connectivity index (χ3v) is 22.6. The number of aliphatic hydroxyl groups is 13. The lowest BCUT2D eigenvalue weighted by Crippen LogP contribution is -2.67. The Kier molecular flexibility index (Phi) is 21.8. The Labute approximate surface area is 538 Å². The Morgan fingerprint density at radius 3 is 1.85 bits per heavy atom. The van der Waals surface area contributed by atoms with Gasteiger partial charge < -0.3 is 133 Å². The summed E-state index contributed by atoms with van der Waals surface area (Å²) < 4.78 is 84.3. The van der Waals surface area contributed by atoms with Crippen LogP contribution in [0.1, 0.15) is 107 Å². The predicted octanol–water partition coefficient (Wildman–Crippen LogP) is -2.87. The molecule has 0 aromatic rings. The fourth-order valence-corrected chi connectivity index (χ4v) is 17.9. The van der Waals surface area contributed by atoms with Gasteiger partial charge in [0.1, 0.15) is 122 Å². The van der Waals surface area contributed by atoms with Crippen LogP contribution >= 0.6 is 0 Å². The minimum atomic E-state index is -2.10. The summed E-state index contributed by atoms with van der Waals surface area (Å²) in [5.74, 6) is -2.45. The molecule has 530 valence electrons. The van der Waals surface area contributed by atoms with E-state index >= 15 is 4.79 Å². The van der Waals surface area contributed by atoms with Gasteiger partial charge in [0.25, 0.3) is 0 Å². The molecule has 4 aliphatic carbocycles. The number of rotatable bonds is 20. The average Bonchev–Trinajstić information content (AvgIpc) is 1.51. The van der Waals surface area contributed by atoms with E-state index in [0.717, 1.165) is 11.1 Å². The highest BCUT2D eigenvalue weighted by molar-refractivity contribution is 5.84. The van der Waals surface area contributed by atoms with Crippen molar-refractivity contribution in [1.29, 1.82) is 0 Å². The fourth-order valence-electron chi connectivity index (χ4n) is 17.9. The number of aliphatic hydroxyl groups excluding tert-OH is 13. The number of hydrogen-bond acceptors (Lipinski definition) is 30. The van der Waals surface area contributed by atoms with Crippen LogP contribution in [0.4, 0.5) is 0 Å². The molecule has 33 atom stereocenters. The first kappa shape index (κ1) is 72.7. The van der Waals surface area contributed by atoms with Crippen LogP contribution in [0.15, 0.2) is 23.8 Å². The van der Waals surface area contributed by atoms with E-state index in [-0.39, 0.29) is 18.3 Å². The second kappa shape index (κ2) is 27.9. The highest BCUT2D eigenvalue weighted by atomic mass is 16.8. The van der Waals surface area contributed by atoms with E-state index in [0.29, 0.717) is 44.9 Å². The molecule has 1 spiro atoms. The van der Waals surface area contributed by atoms with E-state index in [1.807, 2.05) is 6.92 Å². The Balaban J connectivity index is 0.888. The standard InChI is InChI=1S/C63H98O30/c1-25(2)11-14-38(84-27(4)68)62(9)52-31(83-26(3)67)19-61(8)29-12-13-36-59(5,6)37(16-17-60(36,7)28(29)15-18-63(52,61)58(79)93-62)89-57-51(41(72)35(24-82-57)88-54-44(75)42(73)39(70)32(20-64)85-54)92-55-45(76)43(74)49(34(22-66)87-55)91-53-46(77)48(30(69)23-81-53)90-56-47(78)50(80-10)40(71)33(21-65)86-56/h15,29-57,64-66,69-78H,1,11-14,16-24H2,2-10H3. The summed E-state index contributed by atoms with van der Waals surface area (Å²) in [7, 11) is 1.19. The molecular formula is C63H98O30. The van der Waals surface area contributed by atoms with Gasteiger partial charge in [0.15, 0.2) is 37.1 Å². The van der Waals surface area contributed by atoms with Gasteiger partial charge in [-0.1, -0.05) is 44.9 Å². The number of methoxy groups -OCH3 is 1. The molecule has 9 fully saturated rings. The van der Waals surface area contributed by atoms with Crippen molar-refractivity contribution in [2.75, 3.05) is 40.1 Å². The first-order valence-corrected chi connectivity index (χ1v) is 32.3. The van der Waals surface area contributed by atoms with Crippen molar-refractivity contribution in [2.24, 2.45) is 39.4 Å². The summed E-state index contributed by atoms with van der Waals surface area (Å²) in [6.07, 6.45) is -35.7. The van der Waals surface area contributed by atoms with E-state index in [1.54, 1.807) is 6.92 Å². The van der Waals surface area contributed by atoms with Crippen LogP contribution in [0.3, 0.4) is 0 Å². The molecule has 0 bridgehead atoms. The summed E-state index contributed by atoms with van der Waals surface area (Å²) in [6.45, 7) is 15.3. The van der Waals surface area contributed by atoms with Crippen LogP contribution in [0, 0.1) is 39.4 Å². The summed E-state index contributed by atoms with van der Waals surface area (Å²) >= 11 is 0. The van der Waals surface area contributed by atoms with Crippen molar-refractivity contribution in [3.63, 3.8) is 0 Å². The third kappa shape index (κ3) is 12.7. The Morgan fingerprint density at radius 1 is 0.624 bits per heavy atom. The van der Waals surface area contributed by atoms with Crippen molar-refractivity contribution in [1.82, 2.24) is 0 Å². The van der Waals surface area contributed by atoms with Gasteiger partial charge in [0.05, 0.1) is 50.5 Å². The number of hydrogen-bond donors (Lipinski definition) is 13. The van der Waals surface area contributed by atoms with Crippen LogP contribution in [0.25, 0.3) is 0 Å². The van der Waals surface area contributed by atoms with E-state index in [9.17, 15) is 76.0 Å². The number of cyclic esters (lactones) is 1. The van der Waals surface area contributed by atoms with E-state index < -0.39 is 244 Å². The zero-order valence-electron chi connectivity index (χ0n) is 54.0. The number of esters is 3. The maximum Gasteiger partial charge on any atom is 0.314 e. The van der Waals surface area contributed by atoms with Crippen molar-refractivity contribution in [2.45, 2.75) is 272 Å². The van der Waals surface area contributed by atoms with Crippen LogP contribution in [0.2, 0.25) is 0 Å². The monoisotopic (exact) mass is 1330 g/mol. The number of carbonyl (C=O) groups excluding carboxylic acids is 3. The van der Waals surface area contributed by atoms with Crippen molar-refractivity contribution < 1.29 is 147 Å². The number of fused-ring (bicyclic) bond motifs is 4. The molecule has 0 radical (unpaired) electrons. The van der Waals surface area contributed by atoms with Gasteiger partial charge in [0, 0.05) is 21.0 Å². The maximum atomic E-state index is 15.0. The van der Waals surface area contributed by atoms with E-state index in [1.165, 1.54) is 21.0 Å². The zero-order chi connectivity index (χ0) is 67.9. The molecule has 93 heavy (non-hydrogen) atoms. The molecule has 33 unspecified atom stereocenters. The van der Waals surface area contributed by atoms with E-state index in [2.05, 4.69) is 40.3 Å². The van der Waals surface area contributed by atoms with Crippen LogP contribution in [-0.4, -0.2) is 290 Å². The summed E-state index contributed by atoms with van der Waals surface area (Å²) in [5.41, 5.74) is -2.52. The lowest BCUT2D eigenvalue weighted by Gasteiger charge is -2.63. The SMILES string of the molecule is C=C(C)CCC(OC(C)=O)C1(C)OC(=O)C23CC=C4C(CCC5C4(C)CCC(OC4OCC(OC6OC(CO)C(O)C(O)C6O)C(O)C4OC4OC(CO)C(OC6OCC(O)C(OC7OC(CO)C(O)C(OC)C7O)C6O)C(O)C4O)C5(C)C)C2(C)CC(OC(C)=O)C13. The second-order valence-corrected chi connectivity index (χ2v) is 28.6. The van der Waals surface area contributed by atoms with Crippen molar-refractivity contribution in [3.8, 4) is 0 Å². The molecule has 3 saturated carbocycles. The van der Waals surface area contributed by atoms with E-state index in [4.69, 9.17) is 66.3 Å². The number of allylic oxidation sites excluding steroid dienone is 3. The molecule has 6 heterocycles. The third-order valence-electron chi connectivity index (χ3n) is 22.6. The van der Waals surface area contributed by atoms with Gasteiger partial charge in [-0.3, -0.25) is 14.4 Å². The first-order valence-electron chi connectivity index (χ1n) is 32.3. The first-order chi connectivity index (χ1) is 43.8. The molecule has 0 aromatic heterocycles. The number of ether oxygens (including phenoxy) is 14. The number of carbonyl (C=O) groups is 3. The molecule has 30 nitrogen and oxygen atoms in total. The lowest BCUT2D eigenvalue weighted by atomic mass is 9.41. The molecule has 6 aliphatic heterocycles. The minimum absolute atomic E-state index is 0.0997. The molecule has 10 rings (SSSR count). The molecule has 13 N–H and O–H groups in total. The normalized spacial score (nSPS) is 49.8. The topological polar surface area (TPSA) is 443 Å². The Morgan fingerprint density at radius 2 is 1.22 bits per heavy atom. The van der Waals surface area contributed by atoms with Crippen LogP contribution < -0.4 is 0 Å². The lowest BCUT2D eigenvalue weighted by molar-refractivity contribution is -0.392. The molecule has 30 heteroatoms. The summed E-state index contributed by atoms with van der Waals surface area (Å²) in [4.78, 5) is 40.8. The fraction of sp³-hybridized carbons (Fsp3) is 0.889. The zero-order valence-corrected chi connectivity index (χ0v) is 54.0. The quantitative estimate of drug-likeness (QED) is 0.0252. The highest BCUT2D eigenvalue weighted by Gasteiger charge is 2.81. The molecule has 6 saturated heterocycles. The van der Waals surface area contributed by atoms with Crippen LogP contribution in [0.5, 0.6) is 0 Å². The van der Waals surface area contributed by atoms with Gasteiger partial charge in [-0.05, 0) is 93.3 Å². The smallest absolute Gasteiger partial charge is 0.314 e. The molecule has 0 amide bonds. The minimum Gasteiger partial charge on any atom is -0.462 e. The molecule has 0 aromatic carbocycles. The summed E-state index contributed by atoms with van der Waals surface area (Å²) in [6, 6.07) is 0. The average molecular weight is 1340 g/mol. The van der Waals surface area contributed by atoms with Crippen molar-refractivity contribution >= 4 is 17.9 Å². The van der Waals surface area contributed by atoms with Gasteiger partial charge in [-0.2, -0.15) is 0 Å². The van der Waals surface area contributed by atoms with Crippen LogP contribution in [-0.2, 0) is 80.7 Å². The summed E-state index contributed by atoms with van der Waals surface area (Å²) in [5, 5.41) is 143. The maximum absolute atomic E-state index is 15.0. The van der Waals surface area contributed by atoms with Crippen molar-refractivity contribution in [3.05, 3.63) is 23.8 Å². The van der Waals surface area contributed by atoms with Gasteiger partial charge >= 0.3 is 17.9 Å². The van der Waals surface area contributed by atoms with Gasteiger partial charge in [0.2, 0.25) is 0 Å². The van der Waals surface area contributed by atoms with Gasteiger partial charge in [-0.15, -0.1) is 6.58 Å². The highest BCUT2D eigenvalue weighted by Crippen LogP contribution is 2.76.